The van der Waals surface area contributed by atoms with Crippen LogP contribution in [-0.2, 0) is 23.0 Å². The summed E-state index contributed by atoms with van der Waals surface area (Å²) in [5.41, 5.74) is 0.978. The first-order valence-electron chi connectivity index (χ1n) is 6.55. The van der Waals surface area contributed by atoms with E-state index >= 15 is 0 Å². The van der Waals surface area contributed by atoms with Gasteiger partial charge >= 0.3 is 0 Å². The number of carbonyl (C=O) groups excluding carboxylic acids is 1. The average molecular weight is 251 g/mol. The minimum absolute atomic E-state index is 0.0628. The molecule has 1 aromatic heterocycles. The molecule has 1 aromatic rings. The molecule has 1 fully saturated rings. The molecule has 2 heterocycles. The molecule has 1 N–H and O–H groups in total. The maximum Gasteiger partial charge on any atom is 0.254 e. The number of carbonyl (C=O) groups is 1. The number of hydrogen-bond acceptors (Lipinski definition) is 3. The van der Waals surface area contributed by atoms with E-state index in [9.17, 15) is 4.79 Å². The molecule has 1 aliphatic rings. The fourth-order valence-corrected chi connectivity index (χ4v) is 2.17. The van der Waals surface area contributed by atoms with E-state index < -0.39 is 0 Å². The number of aryl methyl sites for hydroxylation is 2. The van der Waals surface area contributed by atoms with Gasteiger partial charge in [0.2, 0.25) is 0 Å². The first kappa shape index (κ1) is 13.1. The average Bonchev–Trinajstić information content (AvgIpc) is 2.70. The Morgan fingerprint density at radius 1 is 1.67 bits per heavy atom. The Morgan fingerprint density at radius 3 is 3.06 bits per heavy atom. The van der Waals surface area contributed by atoms with Crippen LogP contribution < -0.4 is 5.32 Å². The molecule has 0 spiro atoms. The summed E-state index contributed by atoms with van der Waals surface area (Å²) in [4.78, 5) is 12.1. The highest BCUT2D eigenvalue weighted by atomic mass is 16.5. The van der Waals surface area contributed by atoms with E-state index in [-0.39, 0.29) is 12.0 Å². The van der Waals surface area contributed by atoms with Crippen molar-refractivity contribution in [2.24, 2.45) is 13.0 Å². The van der Waals surface area contributed by atoms with E-state index in [1.807, 2.05) is 20.0 Å². The third-order valence-corrected chi connectivity index (χ3v) is 3.38. The molecular formula is C13H21N3O2. The number of hydrogen-bond donors (Lipinski definition) is 1. The lowest BCUT2D eigenvalue weighted by Gasteiger charge is -2.26. The summed E-state index contributed by atoms with van der Waals surface area (Å²) in [5.74, 6) is 1.22. The number of aromatic nitrogens is 2. The van der Waals surface area contributed by atoms with Gasteiger partial charge in [-0.2, -0.15) is 5.10 Å². The summed E-state index contributed by atoms with van der Waals surface area (Å²) in [6.07, 6.45) is 2.37. The predicted molar refractivity (Wildman–Crippen MR) is 69.4 cm³/mol. The standard InChI is InChI=1S/C13H21N3O2/c1-4-10-8-12(16(3)15-10)14-13(17)11-7-9(2)5-6-18-11/h8-9,11H,4-7H2,1-3H3,(H,14,17)/t9-,11-/m0/s1. The van der Waals surface area contributed by atoms with Gasteiger partial charge in [-0.15, -0.1) is 0 Å². The summed E-state index contributed by atoms with van der Waals surface area (Å²) >= 11 is 0. The maximum atomic E-state index is 12.1. The van der Waals surface area contributed by atoms with E-state index in [1.165, 1.54) is 0 Å². The van der Waals surface area contributed by atoms with Crippen molar-refractivity contribution >= 4 is 11.7 Å². The second kappa shape index (κ2) is 5.52. The summed E-state index contributed by atoms with van der Waals surface area (Å²) < 4.78 is 7.21. The number of rotatable bonds is 3. The van der Waals surface area contributed by atoms with Gasteiger partial charge in [-0.1, -0.05) is 13.8 Å². The lowest BCUT2D eigenvalue weighted by molar-refractivity contribution is -0.131. The van der Waals surface area contributed by atoms with Gasteiger partial charge in [-0.25, -0.2) is 0 Å². The van der Waals surface area contributed by atoms with Crippen molar-refractivity contribution < 1.29 is 9.53 Å². The molecule has 0 bridgehead atoms. The van der Waals surface area contributed by atoms with Crippen molar-refractivity contribution in [1.82, 2.24) is 9.78 Å². The topological polar surface area (TPSA) is 56.1 Å². The van der Waals surface area contributed by atoms with Gasteiger partial charge in [-0.05, 0) is 25.2 Å². The highest BCUT2D eigenvalue weighted by molar-refractivity contribution is 5.93. The van der Waals surface area contributed by atoms with Crippen molar-refractivity contribution in [2.45, 2.75) is 39.2 Å². The largest absolute Gasteiger partial charge is 0.368 e. The molecule has 18 heavy (non-hydrogen) atoms. The van der Waals surface area contributed by atoms with Crippen LogP contribution in [0.1, 0.15) is 32.4 Å². The van der Waals surface area contributed by atoms with Crippen molar-refractivity contribution in [2.75, 3.05) is 11.9 Å². The smallest absolute Gasteiger partial charge is 0.254 e. The van der Waals surface area contributed by atoms with E-state index in [2.05, 4.69) is 17.3 Å². The molecule has 1 amide bonds. The highest BCUT2D eigenvalue weighted by Crippen LogP contribution is 2.20. The molecule has 100 valence electrons. The first-order chi connectivity index (χ1) is 8.60. The van der Waals surface area contributed by atoms with Crippen molar-refractivity contribution in [3.05, 3.63) is 11.8 Å². The molecule has 2 rings (SSSR count). The Kier molecular flexibility index (Phi) is 4.01. The minimum atomic E-state index is -0.325. The van der Waals surface area contributed by atoms with Crippen LogP contribution in [0.15, 0.2) is 6.07 Å². The Labute approximate surface area is 108 Å². The molecule has 1 saturated heterocycles. The lowest BCUT2D eigenvalue weighted by atomic mass is 9.97. The lowest BCUT2D eigenvalue weighted by Crippen LogP contribution is -2.36. The molecule has 0 aromatic carbocycles. The van der Waals surface area contributed by atoms with E-state index in [0.29, 0.717) is 12.5 Å². The Hall–Kier alpha value is -1.36. The molecular weight excluding hydrogens is 230 g/mol. The Balaban J connectivity index is 1.99. The molecule has 5 nitrogen and oxygen atoms in total. The van der Waals surface area contributed by atoms with Crippen LogP contribution in [0.5, 0.6) is 0 Å². The Bertz CT molecular complexity index is 428. The number of amides is 1. The Morgan fingerprint density at radius 2 is 2.44 bits per heavy atom. The molecule has 0 aliphatic carbocycles. The summed E-state index contributed by atoms with van der Waals surface area (Å²) in [6.45, 7) is 4.87. The number of ether oxygens (including phenoxy) is 1. The quantitative estimate of drug-likeness (QED) is 0.890. The van der Waals surface area contributed by atoms with Gasteiger partial charge in [0, 0.05) is 19.7 Å². The fraction of sp³-hybridized carbons (Fsp3) is 0.692. The van der Waals surface area contributed by atoms with Crippen LogP contribution in [-0.4, -0.2) is 28.4 Å². The van der Waals surface area contributed by atoms with E-state index in [1.54, 1.807) is 4.68 Å². The normalized spacial score (nSPS) is 23.9. The monoisotopic (exact) mass is 251 g/mol. The van der Waals surface area contributed by atoms with Crippen LogP contribution in [0.25, 0.3) is 0 Å². The highest BCUT2D eigenvalue weighted by Gasteiger charge is 2.26. The second-order valence-electron chi connectivity index (χ2n) is 4.98. The summed E-state index contributed by atoms with van der Waals surface area (Å²) in [7, 11) is 1.83. The molecule has 1 aliphatic heterocycles. The molecule has 0 saturated carbocycles. The maximum absolute atomic E-state index is 12.1. The van der Waals surface area contributed by atoms with Crippen LogP contribution in [0.3, 0.4) is 0 Å². The van der Waals surface area contributed by atoms with Gasteiger partial charge < -0.3 is 10.1 Å². The van der Waals surface area contributed by atoms with E-state index in [4.69, 9.17) is 4.74 Å². The number of anilines is 1. The number of nitrogens with one attached hydrogen (secondary N) is 1. The SMILES string of the molecule is CCc1cc(NC(=O)[C@@H]2C[C@@H](C)CCO2)n(C)n1. The second-order valence-corrected chi connectivity index (χ2v) is 4.98. The van der Waals surface area contributed by atoms with Crippen LogP contribution in [0.4, 0.5) is 5.82 Å². The van der Waals surface area contributed by atoms with Gasteiger partial charge in [-0.3, -0.25) is 9.48 Å². The van der Waals surface area contributed by atoms with Crippen molar-refractivity contribution in [3.8, 4) is 0 Å². The van der Waals surface area contributed by atoms with Gasteiger partial charge in [0.15, 0.2) is 0 Å². The van der Waals surface area contributed by atoms with Gasteiger partial charge in [0.25, 0.3) is 5.91 Å². The zero-order valence-corrected chi connectivity index (χ0v) is 11.3. The van der Waals surface area contributed by atoms with Crippen LogP contribution in [0.2, 0.25) is 0 Å². The fourth-order valence-electron chi connectivity index (χ4n) is 2.17. The van der Waals surface area contributed by atoms with Crippen molar-refractivity contribution in [3.63, 3.8) is 0 Å². The van der Waals surface area contributed by atoms with Gasteiger partial charge in [0.1, 0.15) is 11.9 Å². The summed E-state index contributed by atoms with van der Waals surface area (Å²) in [5, 5.41) is 7.20. The van der Waals surface area contributed by atoms with Gasteiger partial charge in [0.05, 0.1) is 5.69 Å². The van der Waals surface area contributed by atoms with Crippen LogP contribution >= 0.6 is 0 Å². The van der Waals surface area contributed by atoms with E-state index in [0.717, 1.165) is 30.8 Å². The predicted octanol–water partition coefficient (Wildman–Crippen LogP) is 1.74. The summed E-state index contributed by atoms with van der Waals surface area (Å²) in [6, 6.07) is 1.91. The van der Waals surface area contributed by atoms with Crippen LogP contribution in [0, 0.1) is 5.92 Å². The zero-order chi connectivity index (χ0) is 13.1. The van der Waals surface area contributed by atoms with Crippen molar-refractivity contribution in [1.29, 1.82) is 0 Å². The molecule has 0 radical (unpaired) electrons. The molecule has 0 unspecified atom stereocenters. The third-order valence-electron chi connectivity index (χ3n) is 3.38. The molecule has 2 atom stereocenters. The molecule has 5 heteroatoms. The number of nitrogens with zero attached hydrogens (tertiary/aromatic N) is 2. The zero-order valence-electron chi connectivity index (χ0n) is 11.3. The third kappa shape index (κ3) is 2.90. The minimum Gasteiger partial charge on any atom is -0.368 e. The first-order valence-corrected chi connectivity index (χ1v) is 6.55.